The third-order valence-electron chi connectivity index (χ3n) is 3.99. The first-order valence-electron chi connectivity index (χ1n) is 8.18. The first-order chi connectivity index (χ1) is 13.5. The Morgan fingerprint density at radius 1 is 1.07 bits per heavy atom. The molecule has 2 heterocycles. The standard InChI is InChI=1S/C18H12Cl3N5O2/c19-10-1-2-14-15(5-10)28-16(25-14)3-4-22-18(27)17-12(20)6-11(7-13(17)21)26-8-23-24-9-26/h1-2,5-9H,3-4H2,(H,22,27). The summed E-state index contributed by atoms with van der Waals surface area (Å²) in [4.78, 5) is 16.9. The first-order valence-corrected chi connectivity index (χ1v) is 9.32. The molecule has 0 atom stereocenters. The fourth-order valence-electron chi connectivity index (χ4n) is 2.68. The highest BCUT2D eigenvalue weighted by molar-refractivity contribution is 6.40. The second-order valence-corrected chi connectivity index (χ2v) is 7.13. The maximum Gasteiger partial charge on any atom is 0.254 e. The zero-order valence-electron chi connectivity index (χ0n) is 14.2. The van der Waals surface area contributed by atoms with Gasteiger partial charge in [0.05, 0.1) is 21.3 Å². The summed E-state index contributed by atoms with van der Waals surface area (Å²) in [6.45, 7) is 0.305. The second kappa shape index (κ2) is 7.79. The number of nitrogens with zero attached hydrogens (tertiary/aromatic N) is 4. The van der Waals surface area contributed by atoms with E-state index in [4.69, 9.17) is 39.2 Å². The van der Waals surface area contributed by atoms with Crippen LogP contribution in [0.1, 0.15) is 16.2 Å². The van der Waals surface area contributed by atoms with Gasteiger partial charge in [0.15, 0.2) is 11.5 Å². The van der Waals surface area contributed by atoms with Crippen LogP contribution in [0.25, 0.3) is 16.8 Å². The number of amides is 1. The number of carbonyl (C=O) groups excluding carboxylic acids is 1. The topological polar surface area (TPSA) is 85.8 Å². The molecule has 4 rings (SSSR count). The molecule has 0 radical (unpaired) electrons. The summed E-state index contributed by atoms with van der Waals surface area (Å²) in [6, 6.07) is 8.46. The Kier molecular flexibility index (Phi) is 5.21. The monoisotopic (exact) mass is 435 g/mol. The molecule has 142 valence electrons. The normalized spacial score (nSPS) is 11.1. The van der Waals surface area contributed by atoms with Gasteiger partial charge in [0.2, 0.25) is 0 Å². The fourth-order valence-corrected chi connectivity index (χ4v) is 3.49. The van der Waals surface area contributed by atoms with E-state index >= 15 is 0 Å². The van der Waals surface area contributed by atoms with Crippen LogP contribution in [0.3, 0.4) is 0 Å². The Balaban J connectivity index is 1.44. The Bertz CT molecular complexity index is 1130. The van der Waals surface area contributed by atoms with Gasteiger partial charge >= 0.3 is 0 Å². The summed E-state index contributed by atoms with van der Waals surface area (Å²) >= 11 is 18.5. The molecule has 0 unspecified atom stereocenters. The van der Waals surface area contributed by atoms with Crippen molar-refractivity contribution in [3.8, 4) is 5.69 Å². The SMILES string of the molecule is O=C(NCCc1nc2ccc(Cl)cc2o1)c1c(Cl)cc(-n2cnnc2)cc1Cl. The molecule has 7 nitrogen and oxygen atoms in total. The number of aromatic nitrogens is 4. The van der Waals surface area contributed by atoms with E-state index < -0.39 is 0 Å². The predicted molar refractivity (Wildman–Crippen MR) is 106 cm³/mol. The van der Waals surface area contributed by atoms with Crippen molar-refractivity contribution >= 4 is 51.8 Å². The van der Waals surface area contributed by atoms with Gasteiger partial charge in [-0.1, -0.05) is 34.8 Å². The van der Waals surface area contributed by atoms with Crippen LogP contribution in [0, 0.1) is 0 Å². The first kappa shape index (κ1) is 18.7. The highest BCUT2D eigenvalue weighted by Crippen LogP contribution is 2.28. The van der Waals surface area contributed by atoms with Crippen molar-refractivity contribution in [1.29, 1.82) is 0 Å². The third-order valence-corrected chi connectivity index (χ3v) is 4.82. The lowest BCUT2D eigenvalue weighted by Crippen LogP contribution is -2.26. The number of carbonyl (C=O) groups is 1. The van der Waals surface area contributed by atoms with Gasteiger partial charge in [-0.3, -0.25) is 9.36 Å². The lowest BCUT2D eigenvalue weighted by Gasteiger charge is -2.10. The third kappa shape index (κ3) is 3.82. The minimum absolute atomic E-state index is 0.199. The number of hydrogen-bond donors (Lipinski definition) is 1. The summed E-state index contributed by atoms with van der Waals surface area (Å²) in [5.74, 6) is 0.113. The van der Waals surface area contributed by atoms with Gasteiger partial charge in [-0.25, -0.2) is 4.98 Å². The Morgan fingerprint density at radius 3 is 2.50 bits per heavy atom. The average Bonchev–Trinajstić information content (AvgIpc) is 3.30. The number of benzene rings is 2. The van der Waals surface area contributed by atoms with E-state index in [9.17, 15) is 4.79 Å². The summed E-state index contributed by atoms with van der Waals surface area (Å²) in [5.41, 5.74) is 2.16. The molecular formula is C18H12Cl3N5O2. The molecule has 4 aromatic rings. The summed E-state index contributed by atoms with van der Waals surface area (Å²) < 4.78 is 7.27. The molecule has 1 N–H and O–H groups in total. The highest BCUT2D eigenvalue weighted by atomic mass is 35.5. The van der Waals surface area contributed by atoms with Crippen LogP contribution in [0.4, 0.5) is 0 Å². The van der Waals surface area contributed by atoms with E-state index in [1.807, 2.05) is 0 Å². The van der Waals surface area contributed by atoms with Gasteiger partial charge in [-0.15, -0.1) is 10.2 Å². The van der Waals surface area contributed by atoms with Crippen molar-refractivity contribution in [2.45, 2.75) is 6.42 Å². The number of hydrogen-bond acceptors (Lipinski definition) is 5. The van der Waals surface area contributed by atoms with Crippen molar-refractivity contribution in [2.75, 3.05) is 6.54 Å². The maximum atomic E-state index is 12.5. The van der Waals surface area contributed by atoms with Gasteiger partial charge in [-0.2, -0.15) is 0 Å². The zero-order chi connectivity index (χ0) is 19.7. The van der Waals surface area contributed by atoms with Crippen molar-refractivity contribution in [3.05, 3.63) is 69.5 Å². The lowest BCUT2D eigenvalue weighted by atomic mass is 10.2. The largest absolute Gasteiger partial charge is 0.441 e. The lowest BCUT2D eigenvalue weighted by molar-refractivity contribution is 0.0954. The van der Waals surface area contributed by atoms with Crippen molar-refractivity contribution in [2.24, 2.45) is 0 Å². The quantitative estimate of drug-likeness (QED) is 0.503. The van der Waals surface area contributed by atoms with Crippen LogP contribution in [-0.4, -0.2) is 32.2 Å². The van der Waals surface area contributed by atoms with Gasteiger partial charge in [0.25, 0.3) is 5.91 Å². The Labute approximate surface area is 174 Å². The number of halogens is 3. The molecule has 0 saturated heterocycles. The van der Waals surface area contributed by atoms with Crippen LogP contribution >= 0.6 is 34.8 Å². The van der Waals surface area contributed by atoms with Gasteiger partial charge in [0, 0.05) is 24.1 Å². The zero-order valence-corrected chi connectivity index (χ0v) is 16.5. The van der Waals surface area contributed by atoms with E-state index in [0.717, 1.165) is 0 Å². The van der Waals surface area contributed by atoms with E-state index in [0.29, 0.717) is 40.7 Å². The van der Waals surface area contributed by atoms with Crippen molar-refractivity contribution in [1.82, 2.24) is 25.1 Å². The molecule has 28 heavy (non-hydrogen) atoms. The molecule has 2 aromatic heterocycles. The summed E-state index contributed by atoms with van der Waals surface area (Å²) in [7, 11) is 0. The van der Waals surface area contributed by atoms with Crippen molar-refractivity contribution in [3.63, 3.8) is 0 Å². The summed E-state index contributed by atoms with van der Waals surface area (Å²) in [5, 5.41) is 11.3. The van der Waals surface area contributed by atoms with Gasteiger partial charge in [-0.05, 0) is 24.3 Å². The molecule has 0 saturated carbocycles. The molecule has 0 spiro atoms. The number of oxazole rings is 1. The fraction of sp³-hybridized carbons (Fsp3) is 0.111. The van der Waals surface area contributed by atoms with Crippen LogP contribution in [-0.2, 0) is 6.42 Å². The van der Waals surface area contributed by atoms with Crippen LogP contribution in [0.15, 0.2) is 47.4 Å². The summed E-state index contributed by atoms with van der Waals surface area (Å²) in [6.07, 6.45) is 3.43. The van der Waals surface area contributed by atoms with E-state index in [-0.39, 0.29) is 21.5 Å². The molecule has 2 aromatic carbocycles. The molecule has 0 aliphatic heterocycles. The van der Waals surface area contributed by atoms with E-state index in [1.54, 1.807) is 34.9 Å². The highest BCUT2D eigenvalue weighted by Gasteiger charge is 2.17. The van der Waals surface area contributed by atoms with E-state index in [2.05, 4.69) is 20.5 Å². The molecule has 0 aliphatic rings. The maximum absolute atomic E-state index is 12.5. The predicted octanol–water partition coefficient (Wildman–Crippen LogP) is 4.34. The average molecular weight is 437 g/mol. The van der Waals surface area contributed by atoms with E-state index in [1.165, 1.54) is 12.7 Å². The van der Waals surface area contributed by atoms with Crippen molar-refractivity contribution < 1.29 is 9.21 Å². The van der Waals surface area contributed by atoms with Gasteiger partial charge < -0.3 is 9.73 Å². The number of rotatable bonds is 5. The molecular weight excluding hydrogens is 425 g/mol. The van der Waals surface area contributed by atoms with Crippen LogP contribution < -0.4 is 5.32 Å². The number of fused-ring (bicyclic) bond motifs is 1. The Morgan fingerprint density at radius 2 is 1.79 bits per heavy atom. The van der Waals surface area contributed by atoms with Crippen LogP contribution in [0.5, 0.6) is 0 Å². The molecule has 0 bridgehead atoms. The minimum Gasteiger partial charge on any atom is -0.441 e. The Hall–Kier alpha value is -2.61. The number of nitrogens with one attached hydrogen (secondary N) is 1. The smallest absolute Gasteiger partial charge is 0.254 e. The van der Waals surface area contributed by atoms with Crippen LogP contribution in [0.2, 0.25) is 15.1 Å². The molecule has 10 heteroatoms. The second-order valence-electron chi connectivity index (χ2n) is 5.88. The molecule has 0 fully saturated rings. The minimum atomic E-state index is -0.385. The molecule has 0 aliphatic carbocycles. The van der Waals surface area contributed by atoms with Gasteiger partial charge in [0.1, 0.15) is 18.2 Å². The molecule has 1 amide bonds.